The van der Waals surface area contributed by atoms with Crippen LogP contribution in [-0.2, 0) is 14.2 Å². The number of ether oxygens (including phenoxy) is 3. The zero-order chi connectivity index (χ0) is 17.7. The normalized spacial score (nSPS) is 20.2. The number of nitro groups is 1. The van der Waals surface area contributed by atoms with Crippen molar-refractivity contribution in [3.8, 4) is 0 Å². The Morgan fingerprint density at radius 3 is 2.88 bits per heavy atom. The third-order valence-corrected chi connectivity index (χ3v) is 3.59. The summed E-state index contributed by atoms with van der Waals surface area (Å²) in [5, 5.41) is 14.0. The van der Waals surface area contributed by atoms with Crippen LogP contribution in [0.4, 0.5) is 20.2 Å². The molecule has 24 heavy (non-hydrogen) atoms. The second-order valence-corrected chi connectivity index (χ2v) is 5.12. The van der Waals surface area contributed by atoms with Crippen LogP contribution in [0.25, 0.3) is 0 Å². The average molecular weight is 346 g/mol. The molecule has 1 aliphatic rings. The maximum atomic E-state index is 12.2. The maximum Gasteiger partial charge on any atom is 0.345 e. The van der Waals surface area contributed by atoms with E-state index in [-0.39, 0.29) is 36.8 Å². The highest BCUT2D eigenvalue weighted by atomic mass is 19.3. The third-order valence-electron chi connectivity index (χ3n) is 3.59. The van der Waals surface area contributed by atoms with Crippen LogP contribution < -0.4 is 5.32 Å². The number of hydrogen-bond acceptors (Lipinski definition) is 7. The van der Waals surface area contributed by atoms with Gasteiger partial charge in [-0.1, -0.05) is 0 Å². The molecule has 2 atom stereocenters. The molecule has 1 aliphatic heterocycles. The van der Waals surface area contributed by atoms with Gasteiger partial charge in [-0.25, -0.2) is 4.79 Å². The highest BCUT2D eigenvalue weighted by Gasteiger charge is 2.31. The van der Waals surface area contributed by atoms with Crippen molar-refractivity contribution in [2.45, 2.75) is 12.7 Å². The van der Waals surface area contributed by atoms with E-state index in [2.05, 4.69) is 14.8 Å². The van der Waals surface area contributed by atoms with E-state index in [1.807, 2.05) is 0 Å². The van der Waals surface area contributed by atoms with Crippen molar-refractivity contribution in [3.05, 3.63) is 33.9 Å². The standard InChI is InChI=1S/C14H16F2N2O6/c1-22-13(19)8-2-3-12(18(20)21)10(4-8)17-11-7-23-5-9(11)6-24-14(15)16/h2-4,9,11,14,17H,5-7H2,1H3. The second kappa shape index (κ2) is 7.97. The highest BCUT2D eigenvalue weighted by Crippen LogP contribution is 2.29. The molecule has 0 aliphatic carbocycles. The Morgan fingerprint density at radius 1 is 1.50 bits per heavy atom. The number of hydrogen-bond donors (Lipinski definition) is 1. The summed E-state index contributed by atoms with van der Waals surface area (Å²) in [6, 6.07) is 3.27. The number of nitro benzene ring substituents is 1. The van der Waals surface area contributed by atoms with Crippen molar-refractivity contribution < 1.29 is 32.7 Å². The minimum absolute atomic E-state index is 0.0837. The number of anilines is 1. The molecule has 1 saturated heterocycles. The fourth-order valence-electron chi connectivity index (χ4n) is 2.37. The monoisotopic (exact) mass is 346 g/mol. The summed E-state index contributed by atoms with van der Waals surface area (Å²) in [6.45, 7) is -2.78. The predicted molar refractivity (Wildman–Crippen MR) is 78.1 cm³/mol. The largest absolute Gasteiger partial charge is 0.465 e. The molecule has 10 heteroatoms. The molecule has 2 rings (SSSR count). The molecule has 132 valence electrons. The van der Waals surface area contributed by atoms with Crippen LogP contribution in [0.1, 0.15) is 10.4 Å². The summed E-state index contributed by atoms with van der Waals surface area (Å²) in [4.78, 5) is 22.1. The maximum absolute atomic E-state index is 12.2. The molecule has 1 aromatic rings. The van der Waals surface area contributed by atoms with Gasteiger partial charge in [-0.3, -0.25) is 10.1 Å². The van der Waals surface area contributed by atoms with Crippen LogP contribution >= 0.6 is 0 Å². The van der Waals surface area contributed by atoms with Crippen molar-refractivity contribution >= 4 is 17.3 Å². The van der Waals surface area contributed by atoms with Crippen molar-refractivity contribution in [3.63, 3.8) is 0 Å². The molecule has 2 unspecified atom stereocenters. The molecule has 1 heterocycles. The first-order valence-corrected chi connectivity index (χ1v) is 7.03. The van der Waals surface area contributed by atoms with E-state index in [1.54, 1.807) is 0 Å². The number of alkyl halides is 2. The Bertz CT molecular complexity index is 613. The number of benzene rings is 1. The van der Waals surface area contributed by atoms with Crippen molar-refractivity contribution in [2.24, 2.45) is 5.92 Å². The number of carbonyl (C=O) groups is 1. The lowest BCUT2D eigenvalue weighted by atomic mass is 10.0. The quantitative estimate of drug-likeness (QED) is 0.458. The summed E-state index contributed by atoms with van der Waals surface area (Å²) in [5.74, 6) is -1.05. The highest BCUT2D eigenvalue weighted by molar-refractivity contribution is 5.91. The van der Waals surface area contributed by atoms with Gasteiger partial charge >= 0.3 is 12.6 Å². The fraction of sp³-hybridized carbons (Fsp3) is 0.500. The number of nitrogens with one attached hydrogen (secondary N) is 1. The molecule has 0 radical (unpaired) electrons. The first-order valence-electron chi connectivity index (χ1n) is 7.03. The van der Waals surface area contributed by atoms with E-state index in [1.165, 1.54) is 25.3 Å². The van der Waals surface area contributed by atoms with E-state index in [4.69, 9.17) is 4.74 Å². The van der Waals surface area contributed by atoms with Crippen molar-refractivity contribution in [1.29, 1.82) is 0 Å². The molecular weight excluding hydrogens is 330 g/mol. The number of esters is 1. The number of rotatable bonds is 7. The average Bonchev–Trinajstić information content (AvgIpc) is 2.99. The molecule has 0 spiro atoms. The number of carbonyl (C=O) groups excluding carboxylic acids is 1. The van der Waals surface area contributed by atoms with Crippen LogP contribution in [0.2, 0.25) is 0 Å². The van der Waals surface area contributed by atoms with Crippen LogP contribution in [0.3, 0.4) is 0 Å². The van der Waals surface area contributed by atoms with Gasteiger partial charge in [0.05, 0.1) is 43.5 Å². The molecule has 1 fully saturated rings. The van der Waals surface area contributed by atoms with Gasteiger partial charge in [-0.05, 0) is 12.1 Å². The third kappa shape index (κ3) is 4.36. The Hall–Kier alpha value is -2.33. The van der Waals surface area contributed by atoms with Gasteiger partial charge in [0.2, 0.25) is 0 Å². The van der Waals surface area contributed by atoms with Gasteiger partial charge in [0.1, 0.15) is 5.69 Å². The predicted octanol–water partition coefficient (Wildman–Crippen LogP) is 2.05. The van der Waals surface area contributed by atoms with Crippen LogP contribution in [0.5, 0.6) is 0 Å². The Labute approximate surface area is 135 Å². The lowest BCUT2D eigenvalue weighted by Crippen LogP contribution is -2.31. The lowest BCUT2D eigenvalue weighted by Gasteiger charge is -2.20. The van der Waals surface area contributed by atoms with Crippen LogP contribution in [-0.4, -0.2) is 50.5 Å². The lowest BCUT2D eigenvalue weighted by molar-refractivity contribution is -0.384. The summed E-state index contributed by atoms with van der Waals surface area (Å²) in [6.07, 6.45) is 0. The summed E-state index contributed by atoms with van der Waals surface area (Å²) in [5.41, 5.74) is -0.0339. The zero-order valence-corrected chi connectivity index (χ0v) is 12.7. The van der Waals surface area contributed by atoms with Crippen LogP contribution in [0.15, 0.2) is 18.2 Å². The van der Waals surface area contributed by atoms with Gasteiger partial charge in [-0.2, -0.15) is 8.78 Å². The molecule has 0 aromatic heterocycles. The molecule has 0 amide bonds. The van der Waals surface area contributed by atoms with Gasteiger partial charge in [-0.15, -0.1) is 0 Å². The number of methoxy groups -OCH3 is 1. The van der Waals surface area contributed by atoms with E-state index >= 15 is 0 Å². The second-order valence-electron chi connectivity index (χ2n) is 5.12. The molecular formula is C14H16F2N2O6. The van der Waals surface area contributed by atoms with Crippen LogP contribution in [0, 0.1) is 16.0 Å². The van der Waals surface area contributed by atoms with Crippen molar-refractivity contribution in [2.75, 3.05) is 32.2 Å². The Morgan fingerprint density at radius 2 is 2.25 bits per heavy atom. The number of nitrogens with zero attached hydrogens (tertiary/aromatic N) is 1. The van der Waals surface area contributed by atoms with E-state index in [0.29, 0.717) is 0 Å². The Kier molecular flexibility index (Phi) is 5.99. The fourth-order valence-corrected chi connectivity index (χ4v) is 2.37. The smallest absolute Gasteiger partial charge is 0.345 e. The van der Waals surface area contributed by atoms with Crippen molar-refractivity contribution in [1.82, 2.24) is 0 Å². The SMILES string of the molecule is COC(=O)c1ccc([N+](=O)[O-])c(NC2COCC2COC(F)F)c1. The summed E-state index contributed by atoms with van der Waals surface area (Å²) in [7, 11) is 1.19. The number of halogens is 2. The van der Waals surface area contributed by atoms with E-state index in [9.17, 15) is 23.7 Å². The van der Waals surface area contributed by atoms with Gasteiger partial charge < -0.3 is 19.5 Å². The first-order chi connectivity index (χ1) is 11.4. The summed E-state index contributed by atoms with van der Waals surface area (Å²) < 4.78 is 38.4. The molecule has 8 nitrogen and oxygen atoms in total. The Balaban J connectivity index is 2.19. The first kappa shape index (κ1) is 18.0. The molecule has 1 aromatic carbocycles. The van der Waals surface area contributed by atoms with E-state index in [0.717, 1.165) is 0 Å². The van der Waals surface area contributed by atoms with Gasteiger partial charge in [0.25, 0.3) is 5.69 Å². The van der Waals surface area contributed by atoms with Gasteiger partial charge in [0.15, 0.2) is 0 Å². The topological polar surface area (TPSA) is 99.9 Å². The summed E-state index contributed by atoms with van der Waals surface area (Å²) >= 11 is 0. The molecule has 0 saturated carbocycles. The van der Waals surface area contributed by atoms with Gasteiger partial charge in [0, 0.05) is 12.0 Å². The molecule has 1 N–H and O–H groups in total. The molecule has 0 bridgehead atoms. The van der Waals surface area contributed by atoms with E-state index < -0.39 is 29.5 Å². The zero-order valence-electron chi connectivity index (χ0n) is 12.7. The minimum atomic E-state index is -2.90. The minimum Gasteiger partial charge on any atom is -0.465 e.